The fourth-order valence-electron chi connectivity index (χ4n) is 1.87. The molecule has 1 N–H and O–H groups in total. The lowest BCUT2D eigenvalue weighted by molar-refractivity contribution is 0.423. The molecular weight excluding hydrogens is 222 g/mol. The standard InChI is InChI=1S/C15H29N3/c1-12(2)8-7-9-18-11-14(13(3)17-18)10-16-15(4,5)6/h11-12,16H,7-10H2,1-6H3. The van der Waals surface area contributed by atoms with Gasteiger partial charge >= 0.3 is 0 Å². The number of nitrogens with one attached hydrogen (secondary N) is 1. The summed E-state index contributed by atoms with van der Waals surface area (Å²) in [5, 5.41) is 8.10. The first-order valence-electron chi connectivity index (χ1n) is 7.06. The van der Waals surface area contributed by atoms with Crippen molar-refractivity contribution < 1.29 is 0 Å². The molecule has 104 valence electrons. The first-order chi connectivity index (χ1) is 8.28. The maximum absolute atomic E-state index is 4.58. The summed E-state index contributed by atoms with van der Waals surface area (Å²) < 4.78 is 2.09. The highest BCUT2D eigenvalue weighted by Gasteiger charge is 2.11. The van der Waals surface area contributed by atoms with Gasteiger partial charge in [-0.3, -0.25) is 4.68 Å². The van der Waals surface area contributed by atoms with Crippen LogP contribution >= 0.6 is 0 Å². The molecule has 1 aromatic heterocycles. The van der Waals surface area contributed by atoms with Gasteiger partial charge in [0.1, 0.15) is 0 Å². The summed E-state index contributed by atoms with van der Waals surface area (Å²) in [5.74, 6) is 0.781. The van der Waals surface area contributed by atoms with Crippen molar-refractivity contribution in [3.05, 3.63) is 17.5 Å². The highest BCUT2D eigenvalue weighted by Crippen LogP contribution is 2.10. The lowest BCUT2D eigenvalue weighted by Crippen LogP contribution is -2.35. The van der Waals surface area contributed by atoms with Crippen molar-refractivity contribution in [2.45, 2.75) is 73.0 Å². The Morgan fingerprint density at radius 2 is 2.00 bits per heavy atom. The monoisotopic (exact) mass is 251 g/mol. The van der Waals surface area contributed by atoms with E-state index in [2.05, 4.69) is 62.8 Å². The molecule has 1 rings (SSSR count). The van der Waals surface area contributed by atoms with Crippen LogP contribution in [0, 0.1) is 12.8 Å². The minimum Gasteiger partial charge on any atom is -0.308 e. The Morgan fingerprint density at radius 1 is 1.33 bits per heavy atom. The fraction of sp³-hybridized carbons (Fsp3) is 0.800. The van der Waals surface area contributed by atoms with Crippen LogP contribution in [0.15, 0.2) is 6.20 Å². The summed E-state index contributed by atoms with van der Waals surface area (Å²) in [5.41, 5.74) is 2.62. The van der Waals surface area contributed by atoms with Crippen LogP contribution in [-0.4, -0.2) is 15.3 Å². The first kappa shape index (κ1) is 15.2. The van der Waals surface area contributed by atoms with Crippen LogP contribution < -0.4 is 5.32 Å². The molecule has 1 heterocycles. The van der Waals surface area contributed by atoms with Gasteiger partial charge in [0.2, 0.25) is 0 Å². The molecule has 0 amide bonds. The predicted molar refractivity (Wildman–Crippen MR) is 77.6 cm³/mol. The molecule has 0 unspecified atom stereocenters. The fourth-order valence-corrected chi connectivity index (χ4v) is 1.87. The molecule has 0 aliphatic carbocycles. The molecule has 1 aromatic rings. The van der Waals surface area contributed by atoms with E-state index in [9.17, 15) is 0 Å². The summed E-state index contributed by atoms with van der Waals surface area (Å²) in [6.07, 6.45) is 4.67. The smallest absolute Gasteiger partial charge is 0.0638 e. The van der Waals surface area contributed by atoms with Crippen LogP contribution in [0.4, 0.5) is 0 Å². The number of aromatic nitrogens is 2. The van der Waals surface area contributed by atoms with E-state index in [4.69, 9.17) is 0 Å². The molecule has 18 heavy (non-hydrogen) atoms. The number of hydrogen-bond acceptors (Lipinski definition) is 2. The van der Waals surface area contributed by atoms with E-state index in [1.807, 2.05) is 0 Å². The second kappa shape index (κ2) is 6.37. The van der Waals surface area contributed by atoms with Crippen LogP contribution in [0.25, 0.3) is 0 Å². The average molecular weight is 251 g/mol. The molecule has 0 bridgehead atoms. The Labute approximate surface area is 112 Å². The quantitative estimate of drug-likeness (QED) is 0.838. The molecule has 0 aliphatic rings. The Hall–Kier alpha value is -0.830. The van der Waals surface area contributed by atoms with Crippen LogP contribution in [-0.2, 0) is 13.1 Å². The molecule has 3 nitrogen and oxygen atoms in total. The van der Waals surface area contributed by atoms with Crippen LogP contribution in [0.3, 0.4) is 0 Å². The van der Waals surface area contributed by atoms with E-state index in [1.165, 1.54) is 18.4 Å². The summed E-state index contributed by atoms with van der Waals surface area (Å²) in [4.78, 5) is 0. The number of rotatable bonds is 6. The average Bonchev–Trinajstić information content (AvgIpc) is 2.54. The molecule has 0 saturated carbocycles. The second-order valence-electron chi connectivity index (χ2n) is 6.64. The summed E-state index contributed by atoms with van der Waals surface area (Å²) >= 11 is 0. The van der Waals surface area contributed by atoms with Gasteiger partial charge in [-0.15, -0.1) is 0 Å². The Balaban J connectivity index is 2.48. The van der Waals surface area contributed by atoms with Crippen molar-refractivity contribution in [2.24, 2.45) is 5.92 Å². The molecule has 0 spiro atoms. The zero-order chi connectivity index (χ0) is 13.8. The largest absolute Gasteiger partial charge is 0.308 e. The van der Waals surface area contributed by atoms with Gasteiger partial charge in [0, 0.05) is 30.4 Å². The van der Waals surface area contributed by atoms with Gasteiger partial charge in [-0.25, -0.2) is 0 Å². The normalized spacial score (nSPS) is 12.4. The lowest BCUT2D eigenvalue weighted by Gasteiger charge is -2.20. The van der Waals surface area contributed by atoms with E-state index in [1.54, 1.807) is 0 Å². The molecule has 0 aromatic carbocycles. The van der Waals surface area contributed by atoms with Crippen LogP contribution in [0.1, 0.15) is 58.7 Å². The predicted octanol–water partition coefficient (Wildman–Crippen LogP) is 3.52. The van der Waals surface area contributed by atoms with Gasteiger partial charge in [-0.05, 0) is 46.5 Å². The number of hydrogen-bond donors (Lipinski definition) is 1. The minimum atomic E-state index is 0.159. The molecule has 0 fully saturated rings. The Bertz CT molecular complexity index is 358. The third-order valence-electron chi connectivity index (χ3n) is 3.03. The van der Waals surface area contributed by atoms with Gasteiger partial charge in [-0.2, -0.15) is 5.10 Å². The van der Waals surface area contributed by atoms with Gasteiger partial charge in [0.25, 0.3) is 0 Å². The third kappa shape index (κ3) is 5.67. The maximum Gasteiger partial charge on any atom is 0.0638 e. The molecule has 0 aliphatic heterocycles. The van der Waals surface area contributed by atoms with Gasteiger partial charge in [-0.1, -0.05) is 13.8 Å². The van der Waals surface area contributed by atoms with Crippen LogP contribution in [0.2, 0.25) is 0 Å². The van der Waals surface area contributed by atoms with E-state index >= 15 is 0 Å². The van der Waals surface area contributed by atoms with E-state index in [-0.39, 0.29) is 5.54 Å². The zero-order valence-corrected chi connectivity index (χ0v) is 12.9. The second-order valence-corrected chi connectivity index (χ2v) is 6.64. The number of aryl methyl sites for hydroxylation is 2. The maximum atomic E-state index is 4.58. The Kier molecular flexibility index (Phi) is 5.39. The summed E-state index contributed by atoms with van der Waals surface area (Å²) in [7, 11) is 0. The highest BCUT2D eigenvalue weighted by atomic mass is 15.3. The van der Waals surface area contributed by atoms with Crippen molar-refractivity contribution >= 4 is 0 Å². The van der Waals surface area contributed by atoms with E-state index in [0.29, 0.717) is 0 Å². The summed E-state index contributed by atoms with van der Waals surface area (Å²) in [6, 6.07) is 0. The van der Waals surface area contributed by atoms with Gasteiger partial charge in [0.15, 0.2) is 0 Å². The van der Waals surface area contributed by atoms with Gasteiger partial charge in [0.05, 0.1) is 5.69 Å². The third-order valence-corrected chi connectivity index (χ3v) is 3.03. The van der Waals surface area contributed by atoms with Crippen molar-refractivity contribution in [2.75, 3.05) is 0 Å². The van der Waals surface area contributed by atoms with Crippen molar-refractivity contribution in [1.82, 2.24) is 15.1 Å². The molecular formula is C15H29N3. The van der Waals surface area contributed by atoms with E-state index in [0.717, 1.165) is 24.7 Å². The summed E-state index contributed by atoms with van der Waals surface area (Å²) in [6.45, 7) is 15.1. The SMILES string of the molecule is Cc1nn(CCCC(C)C)cc1CNC(C)(C)C. The van der Waals surface area contributed by atoms with E-state index < -0.39 is 0 Å². The molecule has 3 heteroatoms. The van der Waals surface area contributed by atoms with Crippen LogP contribution in [0.5, 0.6) is 0 Å². The van der Waals surface area contributed by atoms with Crippen molar-refractivity contribution in [1.29, 1.82) is 0 Å². The minimum absolute atomic E-state index is 0.159. The topological polar surface area (TPSA) is 29.9 Å². The van der Waals surface area contributed by atoms with Crippen molar-refractivity contribution in [3.8, 4) is 0 Å². The molecule has 0 radical (unpaired) electrons. The first-order valence-corrected chi connectivity index (χ1v) is 7.06. The number of nitrogens with zero attached hydrogens (tertiary/aromatic N) is 2. The lowest BCUT2D eigenvalue weighted by atomic mass is 10.1. The molecule has 0 atom stereocenters. The Morgan fingerprint density at radius 3 is 2.56 bits per heavy atom. The van der Waals surface area contributed by atoms with Gasteiger partial charge < -0.3 is 5.32 Å². The van der Waals surface area contributed by atoms with Crippen molar-refractivity contribution in [3.63, 3.8) is 0 Å². The molecule has 0 saturated heterocycles. The highest BCUT2D eigenvalue weighted by molar-refractivity contribution is 5.15. The zero-order valence-electron chi connectivity index (χ0n) is 12.9.